The summed E-state index contributed by atoms with van der Waals surface area (Å²) in [5, 5.41) is 10.3. The van der Waals surface area contributed by atoms with Crippen molar-refractivity contribution in [2.24, 2.45) is 46.3 Å². The van der Waals surface area contributed by atoms with Gasteiger partial charge < -0.3 is 5.11 Å². The van der Waals surface area contributed by atoms with Crippen LogP contribution >= 0.6 is 0 Å². The van der Waals surface area contributed by atoms with Gasteiger partial charge in [0, 0.05) is 18.6 Å². The van der Waals surface area contributed by atoms with Crippen LogP contribution < -0.4 is 0 Å². The lowest BCUT2D eigenvalue weighted by molar-refractivity contribution is -0.0574. The lowest BCUT2D eigenvalue weighted by Gasteiger charge is -2.58. The number of allylic oxidation sites excluding steroid dienone is 1. The Morgan fingerprint density at radius 3 is 2.66 bits per heavy atom. The van der Waals surface area contributed by atoms with Gasteiger partial charge in [-0.2, -0.15) is 0 Å². The molecule has 162 valence electrons. The largest absolute Gasteiger partial charge is 0.393 e. The van der Waals surface area contributed by atoms with Gasteiger partial charge in [0.2, 0.25) is 0 Å². The normalized spacial score (nSPS) is 59.2. The topological polar surface area (TPSA) is 23.5 Å². The van der Waals surface area contributed by atoms with Crippen molar-refractivity contribution in [3.05, 3.63) is 11.6 Å². The number of piperidine rings is 1. The Hall–Kier alpha value is -0.340. The number of fused-ring (bicyclic) bond motifs is 9. The summed E-state index contributed by atoms with van der Waals surface area (Å²) in [6.45, 7) is 11.8. The molecule has 0 aromatic carbocycles. The molecule has 2 heterocycles. The maximum absolute atomic E-state index is 10.3. The molecule has 2 nitrogen and oxygen atoms in total. The van der Waals surface area contributed by atoms with Gasteiger partial charge in [0.05, 0.1) is 6.10 Å². The van der Waals surface area contributed by atoms with Crippen LogP contribution in [0.15, 0.2) is 11.6 Å². The van der Waals surface area contributed by atoms with E-state index >= 15 is 0 Å². The number of aliphatic hydroxyl groups excluding tert-OH is 1. The molecule has 11 atom stereocenters. The maximum atomic E-state index is 10.3. The minimum Gasteiger partial charge on any atom is -0.393 e. The molecule has 0 spiro atoms. The fraction of sp³-hybridized carbons (Fsp3) is 0.926. The van der Waals surface area contributed by atoms with Crippen molar-refractivity contribution >= 4 is 0 Å². The first kappa shape index (κ1) is 19.4. The SMILES string of the molecule is C[C@H]1CC[C@@H]2[C@@H](C)[C@@H]3[C@@H](C[C@@H]4[C@H]5CC=C6C[C@@H](O)CC[C@]6(C)[C@@H]5CC[C@]34C)N2C1. The van der Waals surface area contributed by atoms with Crippen molar-refractivity contribution in [1.29, 1.82) is 0 Å². The van der Waals surface area contributed by atoms with Gasteiger partial charge in [-0.25, -0.2) is 0 Å². The Labute approximate surface area is 178 Å². The molecule has 0 radical (unpaired) electrons. The van der Waals surface area contributed by atoms with Crippen molar-refractivity contribution in [3.63, 3.8) is 0 Å². The first-order valence-corrected chi connectivity index (χ1v) is 13.0. The second kappa shape index (κ2) is 6.35. The molecule has 2 heteroatoms. The summed E-state index contributed by atoms with van der Waals surface area (Å²) in [5.41, 5.74) is 2.58. The standard InChI is InChI=1S/C27H43NO/c1-16-5-8-23-17(2)25-24(28(23)15-16)14-22-20-7-6-18-13-19(29)9-11-26(18,3)21(20)10-12-27(22,25)4/h6,16-17,19-25,29H,5,7-15H2,1-4H3/t16-,17+,19-,20-,21+,22+,23+,24+,25+,26-,27-/m0/s1. The van der Waals surface area contributed by atoms with Crippen molar-refractivity contribution in [2.45, 2.75) is 104 Å². The first-order valence-electron chi connectivity index (χ1n) is 13.0. The second-order valence-corrected chi connectivity index (χ2v) is 12.8. The summed E-state index contributed by atoms with van der Waals surface area (Å²) in [6.07, 6.45) is 14.3. The van der Waals surface area contributed by atoms with Crippen LogP contribution in [-0.2, 0) is 0 Å². The molecule has 6 aliphatic rings. The van der Waals surface area contributed by atoms with E-state index in [1.807, 2.05) is 0 Å². The third-order valence-corrected chi connectivity index (χ3v) is 11.7. The van der Waals surface area contributed by atoms with Gasteiger partial charge in [-0.15, -0.1) is 0 Å². The Morgan fingerprint density at radius 1 is 1.00 bits per heavy atom. The van der Waals surface area contributed by atoms with E-state index in [1.54, 1.807) is 5.57 Å². The van der Waals surface area contributed by atoms with E-state index in [-0.39, 0.29) is 6.10 Å². The highest BCUT2D eigenvalue weighted by atomic mass is 16.3. The molecule has 0 aromatic rings. The van der Waals surface area contributed by atoms with E-state index in [0.29, 0.717) is 10.8 Å². The average molecular weight is 398 g/mol. The predicted molar refractivity (Wildman–Crippen MR) is 118 cm³/mol. The van der Waals surface area contributed by atoms with Gasteiger partial charge in [0.1, 0.15) is 0 Å². The minimum atomic E-state index is -0.0792. The van der Waals surface area contributed by atoms with Gasteiger partial charge in [-0.05, 0) is 104 Å². The zero-order valence-corrected chi connectivity index (χ0v) is 19.2. The number of hydrogen-bond donors (Lipinski definition) is 1. The fourth-order valence-electron chi connectivity index (χ4n) is 10.4. The zero-order valence-electron chi connectivity index (χ0n) is 19.2. The highest BCUT2D eigenvalue weighted by Crippen LogP contribution is 2.69. The molecule has 29 heavy (non-hydrogen) atoms. The summed E-state index contributed by atoms with van der Waals surface area (Å²) in [5.74, 6) is 5.44. The molecular formula is C27H43NO. The molecule has 0 bridgehead atoms. The number of hydrogen-bond acceptors (Lipinski definition) is 2. The van der Waals surface area contributed by atoms with E-state index in [0.717, 1.165) is 60.4 Å². The van der Waals surface area contributed by atoms with Crippen LogP contribution in [0, 0.1) is 46.3 Å². The zero-order chi connectivity index (χ0) is 20.1. The summed E-state index contributed by atoms with van der Waals surface area (Å²) < 4.78 is 0. The summed E-state index contributed by atoms with van der Waals surface area (Å²) in [6, 6.07) is 1.75. The third-order valence-electron chi connectivity index (χ3n) is 11.7. The number of rotatable bonds is 0. The quantitative estimate of drug-likeness (QED) is 0.534. The van der Waals surface area contributed by atoms with Crippen LogP contribution in [0.2, 0.25) is 0 Å². The van der Waals surface area contributed by atoms with E-state index < -0.39 is 0 Å². The Balaban J connectivity index is 1.33. The highest BCUT2D eigenvalue weighted by molar-refractivity contribution is 5.26. The van der Waals surface area contributed by atoms with E-state index in [2.05, 4.69) is 38.7 Å². The number of nitrogens with zero attached hydrogens (tertiary/aromatic N) is 1. The Morgan fingerprint density at radius 2 is 1.83 bits per heavy atom. The van der Waals surface area contributed by atoms with Gasteiger partial charge in [-0.3, -0.25) is 4.90 Å². The molecule has 5 fully saturated rings. The van der Waals surface area contributed by atoms with Crippen molar-refractivity contribution in [2.75, 3.05) is 6.54 Å². The lowest BCUT2D eigenvalue weighted by atomic mass is 9.47. The third kappa shape index (κ3) is 2.48. The van der Waals surface area contributed by atoms with Gasteiger partial charge in [0.25, 0.3) is 0 Å². The molecular weight excluding hydrogens is 354 g/mol. The predicted octanol–water partition coefficient (Wildman–Crippen LogP) is 5.66. The summed E-state index contributed by atoms with van der Waals surface area (Å²) >= 11 is 0. The van der Waals surface area contributed by atoms with Crippen LogP contribution in [0.4, 0.5) is 0 Å². The van der Waals surface area contributed by atoms with E-state index in [9.17, 15) is 5.11 Å². The molecule has 2 aliphatic heterocycles. The van der Waals surface area contributed by atoms with Crippen LogP contribution in [0.5, 0.6) is 0 Å². The lowest BCUT2D eigenvalue weighted by Crippen LogP contribution is -2.51. The van der Waals surface area contributed by atoms with Crippen molar-refractivity contribution < 1.29 is 5.11 Å². The van der Waals surface area contributed by atoms with Crippen LogP contribution in [0.1, 0.15) is 85.5 Å². The van der Waals surface area contributed by atoms with E-state index in [4.69, 9.17) is 0 Å². The monoisotopic (exact) mass is 397 g/mol. The first-order chi connectivity index (χ1) is 13.8. The Kier molecular flexibility index (Phi) is 4.23. The number of aliphatic hydroxyl groups is 1. The van der Waals surface area contributed by atoms with Gasteiger partial charge in [0.15, 0.2) is 0 Å². The van der Waals surface area contributed by atoms with Gasteiger partial charge >= 0.3 is 0 Å². The smallest absolute Gasteiger partial charge is 0.0577 e. The molecule has 0 amide bonds. The minimum absolute atomic E-state index is 0.0792. The molecule has 2 saturated heterocycles. The van der Waals surface area contributed by atoms with Crippen LogP contribution in [0.3, 0.4) is 0 Å². The summed E-state index contributed by atoms with van der Waals surface area (Å²) in [7, 11) is 0. The fourth-order valence-corrected chi connectivity index (χ4v) is 10.4. The molecule has 1 N–H and O–H groups in total. The summed E-state index contributed by atoms with van der Waals surface area (Å²) in [4.78, 5) is 3.02. The van der Waals surface area contributed by atoms with Crippen LogP contribution in [0.25, 0.3) is 0 Å². The van der Waals surface area contributed by atoms with E-state index in [1.165, 1.54) is 51.5 Å². The van der Waals surface area contributed by atoms with Crippen molar-refractivity contribution in [1.82, 2.24) is 4.90 Å². The van der Waals surface area contributed by atoms with Crippen molar-refractivity contribution in [3.8, 4) is 0 Å². The maximum Gasteiger partial charge on any atom is 0.0577 e. The van der Waals surface area contributed by atoms with Gasteiger partial charge in [-0.1, -0.05) is 39.3 Å². The molecule has 0 aromatic heterocycles. The average Bonchev–Trinajstić information content (AvgIpc) is 3.15. The Bertz CT molecular complexity index is 715. The molecule has 6 rings (SSSR count). The molecule has 4 aliphatic carbocycles. The highest BCUT2D eigenvalue weighted by Gasteiger charge is 2.66. The second-order valence-electron chi connectivity index (χ2n) is 12.8. The molecule has 3 saturated carbocycles. The van der Waals surface area contributed by atoms with Crippen LogP contribution in [-0.4, -0.2) is 34.7 Å². The molecule has 0 unspecified atom stereocenters.